The lowest BCUT2D eigenvalue weighted by Gasteiger charge is -2.19. The summed E-state index contributed by atoms with van der Waals surface area (Å²) in [5.41, 5.74) is 4.34. The third-order valence-corrected chi connectivity index (χ3v) is 4.87. The Morgan fingerprint density at radius 1 is 1.00 bits per heavy atom. The Labute approximate surface area is 135 Å². The van der Waals surface area contributed by atoms with Crippen LogP contribution in [0.4, 0.5) is 0 Å². The minimum absolute atomic E-state index is 0.286. The highest BCUT2D eigenvalue weighted by Crippen LogP contribution is 2.28. The van der Waals surface area contributed by atoms with Crippen LogP contribution >= 0.6 is 11.8 Å². The first-order chi connectivity index (χ1) is 10.3. The zero-order chi connectivity index (χ0) is 15.3. The van der Waals surface area contributed by atoms with Gasteiger partial charge in [-0.05, 0) is 24.3 Å². The SMILES string of the molecule is CCCCCCCCCCC(NN)c1ccccc1SC. The van der Waals surface area contributed by atoms with Gasteiger partial charge in [-0.3, -0.25) is 11.3 Å². The minimum atomic E-state index is 0.286. The molecule has 3 N–H and O–H groups in total. The lowest BCUT2D eigenvalue weighted by atomic mass is 10.00. The zero-order valence-corrected chi connectivity index (χ0v) is 14.6. The van der Waals surface area contributed by atoms with E-state index < -0.39 is 0 Å². The molecule has 0 saturated heterocycles. The van der Waals surface area contributed by atoms with E-state index in [0.717, 1.165) is 6.42 Å². The van der Waals surface area contributed by atoms with Crippen LogP contribution in [0, 0.1) is 0 Å². The average molecular weight is 309 g/mol. The Kier molecular flexibility index (Phi) is 10.7. The van der Waals surface area contributed by atoms with Crippen LogP contribution in [0.15, 0.2) is 29.2 Å². The molecule has 0 spiro atoms. The van der Waals surface area contributed by atoms with Crippen molar-refractivity contribution in [2.45, 2.75) is 75.6 Å². The summed E-state index contributed by atoms with van der Waals surface area (Å²) in [6.07, 6.45) is 14.1. The molecule has 1 rings (SSSR count). The monoisotopic (exact) mass is 308 g/mol. The van der Waals surface area contributed by atoms with E-state index in [1.165, 1.54) is 61.8 Å². The van der Waals surface area contributed by atoms with Gasteiger partial charge in [0.15, 0.2) is 0 Å². The molecule has 1 aromatic rings. The maximum atomic E-state index is 5.76. The molecule has 21 heavy (non-hydrogen) atoms. The van der Waals surface area contributed by atoms with Crippen molar-refractivity contribution in [2.24, 2.45) is 5.84 Å². The van der Waals surface area contributed by atoms with Gasteiger partial charge in [0.2, 0.25) is 0 Å². The van der Waals surface area contributed by atoms with Crippen molar-refractivity contribution in [3.8, 4) is 0 Å². The van der Waals surface area contributed by atoms with E-state index in [1.54, 1.807) is 11.8 Å². The normalized spacial score (nSPS) is 12.5. The van der Waals surface area contributed by atoms with Crippen molar-refractivity contribution in [3.63, 3.8) is 0 Å². The molecule has 2 nitrogen and oxygen atoms in total. The first-order valence-electron chi connectivity index (χ1n) is 8.42. The molecule has 1 unspecified atom stereocenters. The summed E-state index contributed by atoms with van der Waals surface area (Å²) in [7, 11) is 0. The van der Waals surface area contributed by atoms with E-state index in [-0.39, 0.29) is 6.04 Å². The van der Waals surface area contributed by atoms with Crippen LogP contribution in [0.1, 0.15) is 76.3 Å². The standard InChI is InChI=1S/C18H32N2S/c1-3-4-5-6-7-8-9-10-14-17(20-19)16-13-11-12-15-18(16)21-2/h11-13,15,17,20H,3-10,14,19H2,1-2H3. The largest absolute Gasteiger partial charge is 0.271 e. The molecular weight excluding hydrogens is 276 g/mol. The Morgan fingerprint density at radius 2 is 1.62 bits per heavy atom. The second kappa shape index (κ2) is 12.1. The fourth-order valence-corrected chi connectivity index (χ4v) is 3.43. The van der Waals surface area contributed by atoms with E-state index in [0.29, 0.717) is 0 Å². The van der Waals surface area contributed by atoms with Gasteiger partial charge in [-0.2, -0.15) is 0 Å². The number of rotatable bonds is 12. The smallest absolute Gasteiger partial charge is 0.0471 e. The number of hydrogen-bond donors (Lipinski definition) is 2. The molecule has 3 heteroatoms. The summed E-state index contributed by atoms with van der Waals surface area (Å²) in [6.45, 7) is 2.27. The summed E-state index contributed by atoms with van der Waals surface area (Å²) >= 11 is 1.80. The van der Waals surface area contributed by atoms with Gasteiger partial charge < -0.3 is 0 Å². The van der Waals surface area contributed by atoms with Gasteiger partial charge in [0.05, 0.1) is 0 Å². The third kappa shape index (κ3) is 7.35. The van der Waals surface area contributed by atoms with E-state index in [2.05, 4.69) is 42.9 Å². The van der Waals surface area contributed by atoms with Crippen LogP contribution in [0.5, 0.6) is 0 Å². The van der Waals surface area contributed by atoms with Gasteiger partial charge >= 0.3 is 0 Å². The van der Waals surface area contributed by atoms with Crippen LogP contribution in [0.3, 0.4) is 0 Å². The molecule has 0 aromatic heterocycles. The molecule has 1 atom stereocenters. The molecule has 120 valence electrons. The summed E-state index contributed by atoms with van der Waals surface area (Å²) in [6, 6.07) is 8.86. The number of nitrogens with two attached hydrogens (primary N) is 1. The first-order valence-corrected chi connectivity index (χ1v) is 9.65. The lowest BCUT2D eigenvalue weighted by Crippen LogP contribution is -2.28. The van der Waals surface area contributed by atoms with Gasteiger partial charge in [0.1, 0.15) is 0 Å². The minimum Gasteiger partial charge on any atom is -0.271 e. The van der Waals surface area contributed by atoms with Gasteiger partial charge in [-0.25, -0.2) is 0 Å². The van der Waals surface area contributed by atoms with Crippen LogP contribution < -0.4 is 11.3 Å². The van der Waals surface area contributed by atoms with Crippen molar-refractivity contribution in [1.82, 2.24) is 5.43 Å². The van der Waals surface area contributed by atoms with Crippen molar-refractivity contribution in [2.75, 3.05) is 6.26 Å². The topological polar surface area (TPSA) is 38.0 Å². The fourth-order valence-electron chi connectivity index (χ4n) is 2.77. The van der Waals surface area contributed by atoms with Crippen LogP contribution in [0.2, 0.25) is 0 Å². The summed E-state index contributed by atoms with van der Waals surface area (Å²) in [5, 5.41) is 0. The van der Waals surface area contributed by atoms with E-state index >= 15 is 0 Å². The molecule has 1 aromatic carbocycles. The van der Waals surface area contributed by atoms with Crippen molar-refractivity contribution in [1.29, 1.82) is 0 Å². The van der Waals surface area contributed by atoms with E-state index in [1.807, 2.05) is 0 Å². The highest BCUT2D eigenvalue weighted by Gasteiger charge is 2.12. The molecule has 0 amide bonds. The van der Waals surface area contributed by atoms with Crippen LogP contribution in [-0.2, 0) is 0 Å². The number of hydrazine groups is 1. The molecule has 0 saturated carbocycles. The van der Waals surface area contributed by atoms with Crippen molar-refractivity contribution < 1.29 is 0 Å². The highest BCUT2D eigenvalue weighted by atomic mass is 32.2. The second-order valence-electron chi connectivity index (χ2n) is 5.72. The molecule has 0 aliphatic carbocycles. The second-order valence-corrected chi connectivity index (χ2v) is 6.57. The quantitative estimate of drug-likeness (QED) is 0.233. The van der Waals surface area contributed by atoms with Crippen LogP contribution in [-0.4, -0.2) is 6.26 Å². The van der Waals surface area contributed by atoms with Gasteiger partial charge in [0.25, 0.3) is 0 Å². The lowest BCUT2D eigenvalue weighted by molar-refractivity contribution is 0.470. The predicted octanol–water partition coefficient (Wildman–Crippen LogP) is 5.44. The Bertz CT molecular complexity index is 368. The fraction of sp³-hybridized carbons (Fsp3) is 0.667. The van der Waals surface area contributed by atoms with Gasteiger partial charge in [0, 0.05) is 10.9 Å². The molecule has 0 fully saturated rings. The summed E-state index contributed by atoms with van der Waals surface area (Å²) in [4.78, 5) is 1.33. The van der Waals surface area contributed by atoms with Gasteiger partial charge in [-0.15, -0.1) is 11.8 Å². The first kappa shape index (κ1) is 18.5. The number of unbranched alkanes of at least 4 members (excludes halogenated alkanes) is 7. The zero-order valence-electron chi connectivity index (χ0n) is 13.7. The van der Waals surface area contributed by atoms with Crippen molar-refractivity contribution >= 4 is 11.8 Å². The van der Waals surface area contributed by atoms with E-state index in [9.17, 15) is 0 Å². The molecule has 0 aliphatic rings. The van der Waals surface area contributed by atoms with Crippen molar-refractivity contribution in [3.05, 3.63) is 29.8 Å². The Balaban J connectivity index is 2.25. The third-order valence-electron chi connectivity index (χ3n) is 4.06. The predicted molar refractivity (Wildman–Crippen MR) is 95.5 cm³/mol. The van der Waals surface area contributed by atoms with Crippen LogP contribution in [0.25, 0.3) is 0 Å². The number of nitrogens with one attached hydrogen (secondary N) is 1. The summed E-state index contributed by atoms with van der Waals surface area (Å²) < 4.78 is 0. The Morgan fingerprint density at radius 3 is 2.24 bits per heavy atom. The highest BCUT2D eigenvalue weighted by molar-refractivity contribution is 7.98. The number of hydrogen-bond acceptors (Lipinski definition) is 3. The molecule has 0 radical (unpaired) electrons. The molecular formula is C18H32N2S. The molecule has 0 heterocycles. The average Bonchev–Trinajstić information content (AvgIpc) is 2.53. The number of thioether (sulfide) groups is 1. The molecule has 0 bridgehead atoms. The summed E-state index contributed by atoms with van der Waals surface area (Å²) in [5.74, 6) is 5.76. The Hall–Kier alpha value is -0.510. The number of benzene rings is 1. The maximum Gasteiger partial charge on any atom is 0.0471 e. The maximum absolute atomic E-state index is 5.76. The van der Waals surface area contributed by atoms with E-state index in [4.69, 9.17) is 5.84 Å². The van der Waals surface area contributed by atoms with Gasteiger partial charge in [-0.1, -0.05) is 76.5 Å². The molecule has 0 aliphatic heterocycles.